The van der Waals surface area contributed by atoms with Gasteiger partial charge in [0.1, 0.15) is 0 Å². The van der Waals surface area contributed by atoms with Crippen LogP contribution >= 0.6 is 0 Å². The molecule has 0 unspecified atom stereocenters. The van der Waals surface area contributed by atoms with Gasteiger partial charge in [0.2, 0.25) is 5.91 Å². The van der Waals surface area contributed by atoms with Crippen molar-refractivity contribution in [1.29, 1.82) is 0 Å². The van der Waals surface area contributed by atoms with E-state index in [4.69, 9.17) is 0 Å². The van der Waals surface area contributed by atoms with Gasteiger partial charge in [0.25, 0.3) is 0 Å². The van der Waals surface area contributed by atoms with Crippen LogP contribution in [0, 0.1) is 18.8 Å². The number of β-lactam (4-membered cyclic amide) rings is 1. The zero-order valence-electron chi connectivity index (χ0n) is 25.5. The predicted molar refractivity (Wildman–Crippen MR) is 179 cm³/mol. The quantitative estimate of drug-likeness (QED) is 0.179. The SMILES string of the molecule is C.C#C.C=C/C=C(\C=C)N1C[C@H](CCCc2ccccc2)C1=O.C=C/C=C\C=C/C.CC.CC.CC.CC. The first-order valence-corrected chi connectivity index (χ1v) is 13.7. The van der Waals surface area contributed by atoms with Crippen molar-refractivity contribution in [3.05, 3.63) is 110 Å². The summed E-state index contributed by atoms with van der Waals surface area (Å²) in [6, 6.07) is 10.4. The molecule has 0 bridgehead atoms. The van der Waals surface area contributed by atoms with Crippen molar-refractivity contribution >= 4 is 5.91 Å². The van der Waals surface area contributed by atoms with Gasteiger partial charge in [-0.25, -0.2) is 0 Å². The van der Waals surface area contributed by atoms with Crippen LogP contribution in [0.15, 0.2) is 104 Å². The molecule has 1 aliphatic heterocycles. The lowest BCUT2D eigenvalue weighted by molar-refractivity contribution is -0.144. The second kappa shape index (κ2) is 43.7. The molecule has 1 aromatic rings. The predicted octanol–water partition coefficient (Wildman–Crippen LogP) is 11.0. The molecule has 0 spiro atoms. The fourth-order valence-corrected chi connectivity index (χ4v) is 2.78. The summed E-state index contributed by atoms with van der Waals surface area (Å²) in [6.07, 6.45) is 25.8. The molecule has 216 valence electrons. The molecule has 1 aromatic carbocycles. The average Bonchev–Trinajstić information content (AvgIpc) is 3.00. The topological polar surface area (TPSA) is 20.3 Å². The van der Waals surface area contributed by atoms with E-state index < -0.39 is 0 Å². The molecule has 0 saturated carbocycles. The zero-order valence-corrected chi connectivity index (χ0v) is 25.5. The number of likely N-dealkylation sites (tertiary alicyclic amines) is 1. The molecule has 1 fully saturated rings. The molecule has 0 N–H and O–H groups in total. The summed E-state index contributed by atoms with van der Waals surface area (Å²) in [5.41, 5.74) is 2.19. The lowest BCUT2D eigenvalue weighted by atomic mass is 9.91. The lowest BCUT2D eigenvalue weighted by Gasteiger charge is -2.39. The van der Waals surface area contributed by atoms with E-state index >= 15 is 0 Å². The first-order chi connectivity index (χ1) is 18.2. The van der Waals surface area contributed by atoms with Crippen LogP contribution in [-0.4, -0.2) is 17.4 Å². The van der Waals surface area contributed by atoms with Gasteiger partial charge in [0, 0.05) is 12.2 Å². The van der Waals surface area contributed by atoms with Crippen LogP contribution in [0.25, 0.3) is 0 Å². The molecule has 0 aliphatic carbocycles. The van der Waals surface area contributed by atoms with E-state index in [1.165, 1.54) is 5.56 Å². The smallest absolute Gasteiger partial charge is 0.231 e. The van der Waals surface area contributed by atoms with Crippen LogP contribution in [0.4, 0.5) is 0 Å². The second-order valence-electron chi connectivity index (χ2n) is 6.20. The molecule has 1 saturated heterocycles. The number of terminal acetylenes is 1. The van der Waals surface area contributed by atoms with E-state index in [-0.39, 0.29) is 19.3 Å². The van der Waals surface area contributed by atoms with Gasteiger partial charge in [-0.15, -0.1) is 12.8 Å². The summed E-state index contributed by atoms with van der Waals surface area (Å²) in [6.45, 7) is 29.7. The fourth-order valence-electron chi connectivity index (χ4n) is 2.78. The second-order valence-corrected chi connectivity index (χ2v) is 6.20. The largest absolute Gasteiger partial charge is 0.311 e. The fraction of sp³-hybridized carbons (Fsp3) is 0.417. The first-order valence-electron chi connectivity index (χ1n) is 13.7. The summed E-state index contributed by atoms with van der Waals surface area (Å²) in [5, 5.41) is 0. The van der Waals surface area contributed by atoms with E-state index in [1.807, 2.05) is 98.8 Å². The Labute approximate surface area is 239 Å². The number of allylic oxidation sites excluding steroid dienone is 8. The molecule has 1 heterocycles. The van der Waals surface area contributed by atoms with Gasteiger partial charge >= 0.3 is 0 Å². The lowest BCUT2D eigenvalue weighted by Crippen LogP contribution is -2.51. The van der Waals surface area contributed by atoms with Crippen molar-refractivity contribution < 1.29 is 4.79 Å². The van der Waals surface area contributed by atoms with Gasteiger partial charge in [0.05, 0.1) is 5.92 Å². The number of hydrogen-bond acceptors (Lipinski definition) is 1. The van der Waals surface area contributed by atoms with Gasteiger partial charge in [-0.05, 0) is 43.9 Å². The first kappa shape index (κ1) is 47.8. The Morgan fingerprint density at radius 1 is 0.895 bits per heavy atom. The molecular weight excluding hydrogens is 462 g/mol. The van der Waals surface area contributed by atoms with Crippen LogP contribution < -0.4 is 0 Å². The Bertz CT molecular complexity index is 735. The van der Waals surface area contributed by atoms with Crippen molar-refractivity contribution in [2.24, 2.45) is 5.92 Å². The van der Waals surface area contributed by atoms with Crippen molar-refractivity contribution in [2.45, 2.75) is 89.0 Å². The van der Waals surface area contributed by atoms with Crippen LogP contribution in [-0.2, 0) is 11.2 Å². The highest BCUT2D eigenvalue weighted by molar-refractivity contribution is 5.86. The number of rotatable bonds is 9. The number of aryl methyl sites for hydroxylation is 1. The van der Waals surface area contributed by atoms with Crippen molar-refractivity contribution in [3.8, 4) is 12.8 Å². The number of hydrogen-bond donors (Lipinski definition) is 0. The summed E-state index contributed by atoms with van der Waals surface area (Å²) < 4.78 is 0. The van der Waals surface area contributed by atoms with Crippen molar-refractivity contribution in [2.75, 3.05) is 6.54 Å². The number of carbonyl (C=O) groups is 1. The Morgan fingerprint density at radius 2 is 1.42 bits per heavy atom. The van der Waals surface area contributed by atoms with E-state index in [0.717, 1.165) is 31.5 Å². The third-order valence-electron chi connectivity index (χ3n) is 4.24. The highest BCUT2D eigenvalue weighted by atomic mass is 16.2. The Morgan fingerprint density at radius 3 is 1.82 bits per heavy atom. The molecule has 1 aliphatic rings. The Kier molecular flexibility index (Phi) is 55.1. The Balaban J connectivity index is -0.000000120. The number of benzene rings is 1. The third kappa shape index (κ3) is 25.8. The van der Waals surface area contributed by atoms with Crippen LogP contribution in [0.3, 0.4) is 0 Å². The van der Waals surface area contributed by atoms with E-state index in [1.54, 1.807) is 23.1 Å². The molecule has 0 aromatic heterocycles. The average molecular weight is 524 g/mol. The molecule has 2 heteroatoms. The maximum atomic E-state index is 12.1. The minimum absolute atomic E-state index is 0. The van der Waals surface area contributed by atoms with Gasteiger partial charge in [-0.1, -0.05) is 149 Å². The van der Waals surface area contributed by atoms with Crippen LogP contribution in [0.1, 0.15) is 88.1 Å². The molecule has 2 nitrogen and oxygen atoms in total. The normalized spacial score (nSPS) is 12.5. The van der Waals surface area contributed by atoms with E-state index in [2.05, 4.69) is 56.8 Å². The number of amides is 1. The summed E-state index contributed by atoms with van der Waals surface area (Å²) in [5.74, 6) is 0.387. The Hall–Kier alpha value is -3.31. The van der Waals surface area contributed by atoms with Gasteiger partial charge in [-0.3, -0.25) is 4.79 Å². The molecular formula is C36H61NO. The van der Waals surface area contributed by atoms with Crippen molar-refractivity contribution in [3.63, 3.8) is 0 Å². The minimum atomic E-state index is 0. The van der Waals surface area contributed by atoms with Gasteiger partial charge < -0.3 is 4.90 Å². The zero-order chi connectivity index (χ0) is 29.9. The standard InChI is InChI=1S/C18H21NO.C7H10.4C2H6.C2H2.CH4/c1-3-9-17(4-2)19-14-16(18(19)20)13-8-12-15-10-6-5-7-11-15;1-3-5-7-6-4-2;5*1-2;/h3-7,9-11,16H,1-2,8,12-14H2;3-7H,1H2,2H3;4*1-2H3;1-2H;1H4/b17-9+;6-4-,7-5-;;;;;;/t16-;;;;;;;/m0......./s1. The number of nitrogens with zero attached hydrogens (tertiary/aromatic N) is 1. The van der Waals surface area contributed by atoms with Crippen molar-refractivity contribution in [1.82, 2.24) is 4.90 Å². The van der Waals surface area contributed by atoms with E-state index in [9.17, 15) is 4.79 Å². The van der Waals surface area contributed by atoms with Crippen LogP contribution in [0.5, 0.6) is 0 Å². The minimum Gasteiger partial charge on any atom is -0.311 e. The number of carbonyl (C=O) groups excluding carboxylic acids is 1. The maximum Gasteiger partial charge on any atom is 0.231 e. The summed E-state index contributed by atoms with van der Waals surface area (Å²) in [7, 11) is 0. The maximum absolute atomic E-state index is 12.1. The van der Waals surface area contributed by atoms with E-state index in [0.29, 0.717) is 0 Å². The van der Waals surface area contributed by atoms with Crippen LogP contribution in [0.2, 0.25) is 0 Å². The summed E-state index contributed by atoms with van der Waals surface area (Å²) >= 11 is 0. The van der Waals surface area contributed by atoms with Gasteiger partial charge in [0.15, 0.2) is 0 Å². The third-order valence-corrected chi connectivity index (χ3v) is 4.24. The molecule has 1 atom stereocenters. The summed E-state index contributed by atoms with van der Waals surface area (Å²) in [4.78, 5) is 13.9. The van der Waals surface area contributed by atoms with Gasteiger partial charge in [-0.2, -0.15) is 0 Å². The molecule has 0 radical (unpaired) electrons. The molecule has 2 rings (SSSR count). The molecule has 38 heavy (non-hydrogen) atoms. The monoisotopic (exact) mass is 523 g/mol. The molecule has 1 amide bonds. The highest BCUT2D eigenvalue weighted by Crippen LogP contribution is 2.27. The highest BCUT2D eigenvalue weighted by Gasteiger charge is 2.36.